The number of hydrogen-bond acceptors (Lipinski definition) is 2. The van der Waals surface area contributed by atoms with Gasteiger partial charge in [-0.1, -0.05) is 37.3 Å². The molecule has 21 heavy (non-hydrogen) atoms. The Hall–Kier alpha value is -2.29. The van der Waals surface area contributed by atoms with Crippen molar-refractivity contribution in [3.05, 3.63) is 65.2 Å². The SMILES string of the molecule is CCNC(=O)c1cccc(NCc2ccc(CC)cc2)c1. The van der Waals surface area contributed by atoms with Crippen LogP contribution in [0.25, 0.3) is 0 Å². The van der Waals surface area contributed by atoms with E-state index in [4.69, 9.17) is 0 Å². The molecule has 0 aliphatic carbocycles. The molecule has 1 amide bonds. The molecule has 2 aromatic rings. The number of hydrogen-bond donors (Lipinski definition) is 2. The maximum absolute atomic E-state index is 11.8. The van der Waals surface area contributed by atoms with Gasteiger partial charge in [0.15, 0.2) is 0 Å². The third-order valence-electron chi connectivity index (χ3n) is 3.39. The Kier molecular flexibility index (Phi) is 5.38. The summed E-state index contributed by atoms with van der Waals surface area (Å²) in [6, 6.07) is 16.2. The topological polar surface area (TPSA) is 41.1 Å². The molecule has 3 heteroatoms. The average Bonchev–Trinajstić information content (AvgIpc) is 2.54. The summed E-state index contributed by atoms with van der Waals surface area (Å²) in [4.78, 5) is 11.8. The van der Waals surface area contributed by atoms with Crippen molar-refractivity contribution in [2.75, 3.05) is 11.9 Å². The van der Waals surface area contributed by atoms with Gasteiger partial charge in [-0.2, -0.15) is 0 Å². The first-order valence-corrected chi connectivity index (χ1v) is 7.43. The van der Waals surface area contributed by atoms with Crippen LogP contribution < -0.4 is 10.6 Å². The van der Waals surface area contributed by atoms with Crippen LogP contribution in [0.3, 0.4) is 0 Å². The number of anilines is 1. The van der Waals surface area contributed by atoms with Crippen LogP contribution in [0.1, 0.15) is 35.3 Å². The van der Waals surface area contributed by atoms with Crippen LogP contribution in [-0.2, 0) is 13.0 Å². The summed E-state index contributed by atoms with van der Waals surface area (Å²) >= 11 is 0. The second-order valence-electron chi connectivity index (χ2n) is 4.96. The Morgan fingerprint density at radius 2 is 1.71 bits per heavy atom. The minimum atomic E-state index is -0.0338. The lowest BCUT2D eigenvalue weighted by atomic mass is 10.1. The maximum atomic E-state index is 11.8. The van der Waals surface area contributed by atoms with E-state index in [-0.39, 0.29) is 5.91 Å². The Bertz CT molecular complexity index is 590. The Morgan fingerprint density at radius 1 is 1.00 bits per heavy atom. The van der Waals surface area contributed by atoms with Crippen LogP contribution in [0.2, 0.25) is 0 Å². The number of amides is 1. The molecule has 0 aromatic heterocycles. The number of nitrogens with one attached hydrogen (secondary N) is 2. The van der Waals surface area contributed by atoms with E-state index in [1.807, 2.05) is 31.2 Å². The van der Waals surface area contributed by atoms with Crippen molar-refractivity contribution in [2.24, 2.45) is 0 Å². The van der Waals surface area contributed by atoms with Crippen molar-refractivity contribution < 1.29 is 4.79 Å². The summed E-state index contributed by atoms with van der Waals surface area (Å²) in [5.74, 6) is -0.0338. The van der Waals surface area contributed by atoms with Gasteiger partial charge in [-0.25, -0.2) is 0 Å². The first kappa shape index (κ1) is 15.1. The standard InChI is InChI=1S/C18H22N2O/c1-3-14-8-10-15(11-9-14)13-20-17-7-5-6-16(12-17)18(21)19-4-2/h5-12,20H,3-4,13H2,1-2H3,(H,19,21). The second kappa shape index (κ2) is 7.48. The Morgan fingerprint density at radius 3 is 2.38 bits per heavy atom. The zero-order valence-corrected chi connectivity index (χ0v) is 12.6. The lowest BCUT2D eigenvalue weighted by molar-refractivity contribution is 0.0956. The van der Waals surface area contributed by atoms with E-state index in [0.29, 0.717) is 12.1 Å². The van der Waals surface area contributed by atoms with E-state index in [1.165, 1.54) is 11.1 Å². The molecule has 110 valence electrons. The fourth-order valence-corrected chi connectivity index (χ4v) is 2.13. The van der Waals surface area contributed by atoms with Crippen molar-refractivity contribution in [2.45, 2.75) is 26.8 Å². The van der Waals surface area contributed by atoms with E-state index in [2.05, 4.69) is 41.8 Å². The number of aryl methyl sites for hydroxylation is 1. The summed E-state index contributed by atoms with van der Waals surface area (Å²) in [6.45, 7) is 5.46. The van der Waals surface area contributed by atoms with E-state index in [1.54, 1.807) is 0 Å². The molecular weight excluding hydrogens is 260 g/mol. The van der Waals surface area contributed by atoms with Crippen molar-refractivity contribution in [1.82, 2.24) is 5.32 Å². The minimum Gasteiger partial charge on any atom is -0.381 e. The van der Waals surface area contributed by atoms with Gasteiger partial charge in [0, 0.05) is 24.3 Å². The molecule has 2 aromatic carbocycles. The highest BCUT2D eigenvalue weighted by molar-refractivity contribution is 5.95. The van der Waals surface area contributed by atoms with Gasteiger partial charge < -0.3 is 10.6 Å². The molecule has 0 unspecified atom stereocenters. The molecule has 0 radical (unpaired) electrons. The summed E-state index contributed by atoms with van der Waals surface area (Å²) in [5, 5.41) is 6.16. The predicted molar refractivity (Wildman–Crippen MR) is 87.6 cm³/mol. The monoisotopic (exact) mass is 282 g/mol. The molecule has 0 atom stereocenters. The zero-order chi connectivity index (χ0) is 15.1. The molecule has 3 nitrogen and oxygen atoms in total. The molecular formula is C18H22N2O. The van der Waals surface area contributed by atoms with Crippen molar-refractivity contribution in [3.63, 3.8) is 0 Å². The smallest absolute Gasteiger partial charge is 0.251 e. The first-order chi connectivity index (χ1) is 10.2. The lowest BCUT2D eigenvalue weighted by Crippen LogP contribution is -2.22. The Labute approximate surface area is 126 Å². The van der Waals surface area contributed by atoms with Crippen LogP contribution in [0.4, 0.5) is 5.69 Å². The summed E-state index contributed by atoms with van der Waals surface area (Å²) in [5.41, 5.74) is 4.22. The highest BCUT2D eigenvalue weighted by atomic mass is 16.1. The molecule has 0 aliphatic rings. The molecule has 0 fully saturated rings. The summed E-state index contributed by atoms with van der Waals surface area (Å²) < 4.78 is 0. The third kappa shape index (κ3) is 4.35. The van der Waals surface area contributed by atoms with Gasteiger partial charge in [-0.15, -0.1) is 0 Å². The lowest BCUT2D eigenvalue weighted by Gasteiger charge is -2.09. The molecule has 2 N–H and O–H groups in total. The molecule has 0 heterocycles. The van der Waals surface area contributed by atoms with Crippen LogP contribution >= 0.6 is 0 Å². The fourth-order valence-electron chi connectivity index (χ4n) is 2.13. The van der Waals surface area contributed by atoms with Gasteiger partial charge in [0.1, 0.15) is 0 Å². The van der Waals surface area contributed by atoms with Gasteiger partial charge >= 0.3 is 0 Å². The molecule has 0 saturated carbocycles. The first-order valence-electron chi connectivity index (χ1n) is 7.43. The van der Waals surface area contributed by atoms with Crippen LogP contribution in [0.15, 0.2) is 48.5 Å². The predicted octanol–water partition coefficient (Wildman–Crippen LogP) is 3.61. The second-order valence-corrected chi connectivity index (χ2v) is 4.96. The number of rotatable bonds is 6. The van der Waals surface area contributed by atoms with Gasteiger partial charge in [0.2, 0.25) is 0 Å². The van der Waals surface area contributed by atoms with Gasteiger partial charge in [-0.05, 0) is 42.7 Å². The van der Waals surface area contributed by atoms with E-state index in [9.17, 15) is 4.79 Å². The van der Waals surface area contributed by atoms with Crippen molar-refractivity contribution in [3.8, 4) is 0 Å². The number of carbonyl (C=O) groups excluding carboxylic acids is 1. The molecule has 0 aliphatic heterocycles. The molecule has 0 saturated heterocycles. The van der Waals surface area contributed by atoms with E-state index in [0.717, 1.165) is 18.7 Å². The van der Waals surface area contributed by atoms with E-state index < -0.39 is 0 Å². The number of benzene rings is 2. The van der Waals surface area contributed by atoms with Crippen molar-refractivity contribution in [1.29, 1.82) is 0 Å². The average molecular weight is 282 g/mol. The highest BCUT2D eigenvalue weighted by Crippen LogP contribution is 2.13. The van der Waals surface area contributed by atoms with Crippen LogP contribution in [0.5, 0.6) is 0 Å². The van der Waals surface area contributed by atoms with Crippen molar-refractivity contribution >= 4 is 11.6 Å². The largest absolute Gasteiger partial charge is 0.381 e. The van der Waals surface area contributed by atoms with E-state index >= 15 is 0 Å². The molecule has 2 rings (SSSR count). The minimum absolute atomic E-state index is 0.0338. The maximum Gasteiger partial charge on any atom is 0.251 e. The van der Waals surface area contributed by atoms with Gasteiger partial charge in [0.25, 0.3) is 5.91 Å². The summed E-state index contributed by atoms with van der Waals surface area (Å²) in [6.07, 6.45) is 1.06. The molecule has 0 spiro atoms. The zero-order valence-electron chi connectivity index (χ0n) is 12.6. The van der Waals surface area contributed by atoms with Gasteiger partial charge in [0.05, 0.1) is 0 Å². The fraction of sp³-hybridized carbons (Fsp3) is 0.278. The summed E-state index contributed by atoms with van der Waals surface area (Å²) in [7, 11) is 0. The van der Waals surface area contributed by atoms with Crippen LogP contribution in [-0.4, -0.2) is 12.5 Å². The van der Waals surface area contributed by atoms with Gasteiger partial charge in [-0.3, -0.25) is 4.79 Å². The quantitative estimate of drug-likeness (QED) is 0.849. The third-order valence-corrected chi connectivity index (χ3v) is 3.39. The van der Waals surface area contributed by atoms with Crippen LogP contribution in [0, 0.1) is 0 Å². The number of carbonyl (C=O) groups is 1. The molecule has 0 bridgehead atoms. The highest BCUT2D eigenvalue weighted by Gasteiger charge is 2.04. The normalized spacial score (nSPS) is 10.2. The Balaban J connectivity index is 1.99.